The van der Waals surface area contributed by atoms with Gasteiger partial charge in [0.1, 0.15) is 12.4 Å². The molecule has 94 valence electrons. The number of nitrogens with zero attached hydrogens (tertiary/aromatic N) is 2. The molecule has 16 heavy (non-hydrogen) atoms. The third kappa shape index (κ3) is 10.8. The van der Waals surface area contributed by atoms with E-state index in [2.05, 4.69) is 53.3 Å². The summed E-state index contributed by atoms with van der Waals surface area (Å²) in [5.41, 5.74) is 8.50. The molecule has 0 aliphatic carbocycles. The molecule has 4 N–H and O–H groups in total. The van der Waals surface area contributed by atoms with Gasteiger partial charge in [-0.25, -0.2) is 13.9 Å². The molecule has 0 aliphatic rings. The van der Waals surface area contributed by atoms with Gasteiger partial charge in [-0.1, -0.05) is 13.3 Å². The SMILES string of the molecule is CCCCCn1cc[n+](C)c1.NC(N)=O.[Cl-]. The van der Waals surface area contributed by atoms with Crippen LogP contribution in [0.4, 0.5) is 4.79 Å². The van der Waals surface area contributed by atoms with Gasteiger partial charge < -0.3 is 23.9 Å². The average Bonchev–Trinajstić information content (AvgIpc) is 2.51. The Kier molecular flexibility index (Phi) is 11.0. The van der Waals surface area contributed by atoms with Crippen molar-refractivity contribution in [2.75, 3.05) is 0 Å². The summed E-state index contributed by atoms with van der Waals surface area (Å²) in [6, 6.07) is -0.833. The highest BCUT2D eigenvalue weighted by Gasteiger charge is 1.97. The molecule has 0 saturated heterocycles. The topological polar surface area (TPSA) is 77.9 Å². The molecule has 0 unspecified atom stereocenters. The first kappa shape index (κ1) is 17.2. The van der Waals surface area contributed by atoms with Gasteiger partial charge in [-0.2, -0.15) is 0 Å². The summed E-state index contributed by atoms with van der Waals surface area (Å²) < 4.78 is 4.31. The lowest BCUT2D eigenvalue weighted by atomic mass is 10.2. The Labute approximate surface area is 103 Å². The first-order valence-corrected chi connectivity index (χ1v) is 5.12. The van der Waals surface area contributed by atoms with E-state index >= 15 is 0 Å². The second kappa shape index (κ2) is 10.3. The molecule has 1 aromatic rings. The Morgan fingerprint density at radius 2 is 1.94 bits per heavy atom. The lowest BCUT2D eigenvalue weighted by molar-refractivity contribution is -0.671. The quantitative estimate of drug-likeness (QED) is 0.450. The van der Waals surface area contributed by atoms with Crippen LogP contribution in [0.2, 0.25) is 0 Å². The minimum atomic E-state index is -0.833. The van der Waals surface area contributed by atoms with E-state index in [4.69, 9.17) is 4.79 Å². The third-order valence-electron chi connectivity index (χ3n) is 1.84. The maximum Gasteiger partial charge on any atom is 0.309 e. The number of hydrogen-bond acceptors (Lipinski definition) is 1. The van der Waals surface area contributed by atoms with Crippen molar-refractivity contribution >= 4 is 6.03 Å². The first-order chi connectivity index (χ1) is 7.06. The monoisotopic (exact) mass is 248 g/mol. The zero-order chi connectivity index (χ0) is 11.7. The highest BCUT2D eigenvalue weighted by atomic mass is 35.5. The molecule has 5 nitrogen and oxygen atoms in total. The van der Waals surface area contributed by atoms with E-state index in [1.165, 1.54) is 19.3 Å². The minimum absolute atomic E-state index is 0. The summed E-state index contributed by atoms with van der Waals surface area (Å²) in [4.78, 5) is 9.00. The fourth-order valence-electron chi connectivity index (χ4n) is 1.18. The maximum atomic E-state index is 9.00. The number of halogens is 1. The molecule has 1 heterocycles. The zero-order valence-electron chi connectivity index (χ0n) is 9.90. The number of amides is 2. The van der Waals surface area contributed by atoms with Crippen LogP contribution in [0.5, 0.6) is 0 Å². The lowest BCUT2D eigenvalue weighted by Gasteiger charge is -1.93. The van der Waals surface area contributed by atoms with Gasteiger partial charge in [0.25, 0.3) is 0 Å². The molecule has 0 fully saturated rings. The molecule has 1 rings (SSSR count). The van der Waals surface area contributed by atoms with Crippen LogP contribution >= 0.6 is 0 Å². The van der Waals surface area contributed by atoms with Crippen LogP contribution in [-0.2, 0) is 13.6 Å². The number of carbonyl (C=O) groups is 1. The number of unbranched alkanes of at least 4 members (excludes halogenated alkanes) is 2. The molecule has 0 saturated carbocycles. The third-order valence-corrected chi connectivity index (χ3v) is 1.84. The number of rotatable bonds is 4. The van der Waals surface area contributed by atoms with Crippen LogP contribution in [-0.4, -0.2) is 10.6 Å². The summed E-state index contributed by atoms with van der Waals surface area (Å²) in [5.74, 6) is 0. The number of primary amides is 2. The number of imidazole rings is 1. The Morgan fingerprint density at radius 3 is 2.31 bits per heavy atom. The highest BCUT2D eigenvalue weighted by molar-refractivity contribution is 5.69. The summed E-state index contributed by atoms with van der Waals surface area (Å²) in [7, 11) is 2.05. The summed E-state index contributed by atoms with van der Waals surface area (Å²) in [6.45, 7) is 3.39. The van der Waals surface area contributed by atoms with Crippen LogP contribution in [0.25, 0.3) is 0 Å². The highest BCUT2D eigenvalue weighted by Crippen LogP contribution is 1.96. The second-order valence-electron chi connectivity index (χ2n) is 3.43. The van der Waals surface area contributed by atoms with Crippen molar-refractivity contribution in [2.45, 2.75) is 32.7 Å². The van der Waals surface area contributed by atoms with Gasteiger partial charge in [-0.05, 0) is 12.8 Å². The number of carbonyl (C=O) groups excluding carboxylic acids is 1. The normalized spacial score (nSPS) is 8.62. The van der Waals surface area contributed by atoms with E-state index < -0.39 is 6.03 Å². The van der Waals surface area contributed by atoms with Gasteiger partial charge in [-0.15, -0.1) is 0 Å². The van der Waals surface area contributed by atoms with Gasteiger partial charge in [0, 0.05) is 0 Å². The number of aromatic nitrogens is 2. The Morgan fingerprint density at radius 1 is 1.38 bits per heavy atom. The largest absolute Gasteiger partial charge is 1.00 e. The van der Waals surface area contributed by atoms with Crippen molar-refractivity contribution in [1.82, 2.24) is 4.57 Å². The lowest BCUT2D eigenvalue weighted by Crippen LogP contribution is -3.00. The van der Waals surface area contributed by atoms with E-state index in [1.54, 1.807) is 0 Å². The Bertz CT molecular complexity index is 284. The molecule has 0 radical (unpaired) electrons. The molecule has 1 aromatic heterocycles. The van der Waals surface area contributed by atoms with Crippen LogP contribution in [0.15, 0.2) is 18.7 Å². The van der Waals surface area contributed by atoms with E-state index in [1.807, 2.05) is 0 Å². The molecule has 0 aromatic carbocycles. The standard InChI is InChI=1S/C9H17N2.CH4N2O.ClH/c1-3-4-5-6-11-8-7-10(2)9-11;2-1(3)4;/h7-9H,3-6H2,1-2H3;(H4,2,3,4);1H/q+1;;/p-1. The fraction of sp³-hybridized carbons (Fsp3) is 0.600. The van der Waals surface area contributed by atoms with Gasteiger partial charge in [0.05, 0.1) is 13.6 Å². The van der Waals surface area contributed by atoms with E-state index in [-0.39, 0.29) is 12.4 Å². The summed E-state index contributed by atoms with van der Waals surface area (Å²) in [6.07, 6.45) is 10.2. The van der Waals surface area contributed by atoms with Crippen LogP contribution in [0, 0.1) is 0 Å². The van der Waals surface area contributed by atoms with Crippen LogP contribution in [0.3, 0.4) is 0 Å². The average molecular weight is 249 g/mol. The molecular weight excluding hydrogens is 228 g/mol. The first-order valence-electron chi connectivity index (χ1n) is 5.12. The molecule has 0 bridgehead atoms. The Hall–Kier alpha value is -1.23. The van der Waals surface area contributed by atoms with E-state index in [0.29, 0.717) is 0 Å². The minimum Gasteiger partial charge on any atom is -1.00 e. The molecule has 2 amide bonds. The van der Waals surface area contributed by atoms with Gasteiger partial charge >= 0.3 is 6.03 Å². The van der Waals surface area contributed by atoms with Gasteiger partial charge in [0.15, 0.2) is 0 Å². The molecule has 0 spiro atoms. The number of hydrogen-bond donors (Lipinski definition) is 2. The number of nitrogens with two attached hydrogens (primary N) is 2. The van der Waals surface area contributed by atoms with Crippen molar-refractivity contribution in [2.24, 2.45) is 18.5 Å². The molecule has 0 atom stereocenters. The zero-order valence-corrected chi connectivity index (χ0v) is 10.7. The van der Waals surface area contributed by atoms with E-state index in [9.17, 15) is 0 Å². The van der Waals surface area contributed by atoms with Crippen molar-refractivity contribution in [1.29, 1.82) is 0 Å². The summed E-state index contributed by atoms with van der Waals surface area (Å²) in [5, 5.41) is 0. The predicted octanol–water partition coefficient (Wildman–Crippen LogP) is -2.47. The smallest absolute Gasteiger partial charge is 0.309 e. The van der Waals surface area contributed by atoms with E-state index in [0.717, 1.165) is 6.54 Å². The second-order valence-corrected chi connectivity index (χ2v) is 3.43. The van der Waals surface area contributed by atoms with Crippen LogP contribution in [0.1, 0.15) is 26.2 Å². The maximum absolute atomic E-state index is 9.00. The van der Waals surface area contributed by atoms with Crippen molar-refractivity contribution in [3.05, 3.63) is 18.7 Å². The number of urea groups is 1. The van der Waals surface area contributed by atoms with Crippen molar-refractivity contribution < 1.29 is 21.8 Å². The fourth-order valence-corrected chi connectivity index (χ4v) is 1.18. The van der Waals surface area contributed by atoms with Crippen molar-refractivity contribution in [3.63, 3.8) is 0 Å². The predicted molar refractivity (Wildman–Crippen MR) is 58.9 cm³/mol. The summed E-state index contributed by atoms with van der Waals surface area (Å²) >= 11 is 0. The van der Waals surface area contributed by atoms with Crippen LogP contribution < -0.4 is 28.4 Å². The van der Waals surface area contributed by atoms with Gasteiger partial charge in [-0.3, -0.25) is 0 Å². The van der Waals surface area contributed by atoms with Crippen molar-refractivity contribution in [3.8, 4) is 0 Å². The number of aryl methyl sites for hydroxylation is 2. The molecular formula is C10H21ClN4O. The molecule has 6 heteroatoms. The molecule has 0 aliphatic heterocycles. The Balaban J connectivity index is 0. The van der Waals surface area contributed by atoms with Gasteiger partial charge in [0.2, 0.25) is 6.33 Å².